The fourth-order valence-electron chi connectivity index (χ4n) is 1.96. The monoisotopic (exact) mass is 250 g/mol. The molecule has 0 saturated carbocycles. The van der Waals surface area contributed by atoms with Crippen molar-refractivity contribution in [1.29, 1.82) is 0 Å². The van der Waals surface area contributed by atoms with Crippen LogP contribution < -0.4 is 0 Å². The van der Waals surface area contributed by atoms with Crippen LogP contribution in [0.1, 0.15) is 27.0 Å². The minimum absolute atomic E-state index is 0.254. The van der Waals surface area contributed by atoms with E-state index in [9.17, 15) is 9.50 Å². The quantitative estimate of drug-likeness (QED) is 0.879. The molecule has 90 valence electrons. The number of rotatable bonds is 3. The summed E-state index contributed by atoms with van der Waals surface area (Å²) in [6.07, 6.45) is -0.305. The van der Waals surface area contributed by atoms with Gasteiger partial charge in [-0.3, -0.25) is 0 Å². The third-order valence-electron chi connectivity index (χ3n) is 2.81. The van der Waals surface area contributed by atoms with E-state index in [0.29, 0.717) is 12.0 Å². The molecule has 2 rings (SSSR count). The van der Waals surface area contributed by atoms with Crippen LogP contribution in [0, 0.1) is 19.7 Å². The van der Waals surface area contributed by atoms with Gasteiger partial charge in [0.2, 0.25) is 0 Å². The van der Waals surface area contributed by atoms with Crippen LogP contribution in [0.5, 0.6) is 0 Å². The van der Waals surface area contributed by atoms with E-state index >= 15 is 0 Å². The number of aliphatic hydroxyl groups excluding tert-OH is 1. The molecule has 17 heavy (non-hydrogen) atoms. The molecule has 0 amide bonds. The maximum atomic E-state index is 13.5. The summed E-state index contributed by atoms with van der Waals surface area (Å²) in [5.74, 6) is -0.254. The molecule has 0 bridgehead atoms. The average Bonchev–Trinajstić information content (AvgIpc) is 2.61. The van der Waals surface area contributed by atoms with Gasteiger partial charge in [-0.25, -0.2) is 4.39 Å². The molecular formula is C14H15FOS. The van der Waals surface area contributed by atoms with Gasteiger partial charge in [-0.2, -0.15) is 0 Å². The Kier molecular flexibility index (Phi) is 3.60. The Morgan fingerprint density at radius 2 is 2.00 bits per heavy atom. The molecule has 0 aliphatic carbocycles. The van der Waals surface area contributed by atoms with Gasteiger partial charge in [0.25, 0.3) is 0 Å². The summed E-state index contributed by atoms with van der Waals surface area (Å²) in [7, 11) is 0. The van der Waals surface area contributed by atoms with Crippen molar-refractivity contribution < 1.29 is 9.50 Å². The molecule has 1 unspecified atom stereocenters. The summed E-state index contributed by atoms with van der Waals surface area (Å²) >= 11 is 1.66. The first-order chi connectivity index (χ1) is 8.08. The lowest BCUT2D eigenvalue weighted by Gasteiger charge is -2.11. The Balaban J connectivity index is 2.20. The molecule has 3 heteroatoms. The second-order valence-electron chi connectivity index (χ2n) is 4.18. The van der Waals surface area contributed by atoms with Crippen LogP contribution in [0.3, 0.4) is 0 Å². The fourth-order valence-corrected chi connectivity index (χ4v) is 2.95. The van der Waals surface area contributed by atoms with Gasteiger partial charge in [-0.15, -0.1) is 11.3 Å². The number of thiophene rings is 1. The second-order valence-corrected chi connectivity index (χ2v) is 5.64. The smallest absolute Gasteiger partial charge is 0.126 e. The van der Waals surface area contributed by atoms with E-state index in [-0.39, 0.29) is 5.82 Å². The molecule has 1 N–H and O–H groups in total. The van der Waals surface area contributed by atoms with E-state index in [1.54, 1.807) is 29.5 Å². The first kappa shape index (κ1) is 12.3. The number of aryl methyl sites for hydroxylation is 2. The number of hydrogen-bond acceptors (Lipinski definition) is 2. The Hall–Kier alpha value is -1.19. The molecule has 1 aromatic heterocycles. The molecule has 0 aliphatic heterocycles. The number of halogens is 1. The van der Waals surface area contributed by atoms with Gasteiger partial charge in [-0.1, -0.05) is 18.2 Å². The van der Waals surface area contributed by atoms with Crippen molar-refractivity contribution in [1.82, 2.24) is 0 Å². The topological polar surface area (TPSA) is 20.2 Å². The molecule has 1 aromatic carbocycles. The lowest BCUT2D eigenvalue weighted by molar-refractivity contribution is 0.177. The summed E-state index contributed by atoms with van der Waals surface area (Å²) in [4.78, 5) is 2.27. The Labute approximate surface area is 105 Å². The van der Waals surface area contributed by atoms with Crippen molar-refractivity contribution >= 4 is 11.3 Å². The van der Waals surface area contributed by atoms with E-state index in [1.165, 1.54) is 10.9 Å². The number of aliphatic hydroxyl groups is 1. The molecular weight excluding hydrogens is 235 g/mol. The van der Waals surface area contributed by atoms with E-state index in [2.05, 4.69) is 0 Å². The van der Waals surface area contributed by atoms with E-state index in [4.69, 9.17) is 0 Å². The predicted molar refractivity (Wildman–Crippen MR) is 68.9 cm³/mol. The van der Waals surface area contributed by atoms with Crippen LogP contribution >= 0.6 is 11.3 Å². The molecule has 0 aliphatic rings. The van der Waals surface area contributed by atoms with Crippen molar-refractivity contribution in [2.75, 3.05) is 0 Å². The van der Waals surface area contributed by atoms with Crippen molar-refractivity contribution in [3.8, 4) is 0 Å². The third kappa shape index (κ3) is 2.73. The van der Waals surface area contributed by atoms with Gasteiger partial charge in [0.15, 0.2) is 0 Å². The zero-order chi connectivity index (χ0) is 12.4. The molecule has 1 nitrogen and oxygen atoms in total. The zero-order valence-corrected chi connectivity index (χ0v) is 10.7. The second kappa shape index (κ2) is 4.98. The lowest BCUT2D eigenvalue weighted by atomic mass is 10.0. The summed E-state index contributed by atoms with van der Waals surface area (Å²) in [5.41, 5.74) is 1.47. The van der Waals surface area contributed by atoms with E-state index < -0.39 is 6.10 Å². The predicted octanol–water partition coefficient (Wildman–Crippen LogP) is 3.78. The molecule has 0 spiro atoms. The molecule has 2 aromatic rings. The van der Waals surface area contributed by atoms with Crippen LogP contribution in [0.2, 0.25) is 0 Å². The molecule has 1 heterocycles. The highest BCUT2D eigenvalue weighted by Gasteiger charge is 2.15. The minimum atomic E-state index is -0.628. The standard InChI is InChI=1S/C14H15FOS/c1-9-7-12(10(2)17-9)14(16)8-11-5-3-4-6-13(11)15/h3-7,14,16H,8H2,1-2H3. The van der Waals surface area contributed by atoms with Crippen molar-refractivity contribution in [2.45, 2.75) is 26.4 Å². The van der Waals surface area contributed by atoms with E-state index in [1.807, 2.05) is 19.9 Å². The summed E-state index contributed by atoms with van der Waals surface area (Å²) < 4.78 is 13.5. The first-order valence-corrected chi connectivity index (χ1v) is 6.38. The average molecular weight is 250 g/mol. The third-order valence-corrected chi connectivity index (χ3v) is 3.79. The lowest BCUT2D eigenvalue weighted by Crippen LogP contribution is -2.03. The van der Waals surface area contributed by atoms with Crippen LogP contribution in [0.15, 0.2) is 30.3 Å². The molecule has 0 radical (unpaired) electrons. The van der Waals surface area contributed by atoms with Gasteiger partial charge in [0, 0.05) is 16.2 Å². The molecule has 0 fully saturated rings. The largest absolute Gasteiger partial charge is 0.388 e. The fraction of sp³-hybridized carbons (Fsp3) is 0.286. The van der Waals surface area contributed by atoms with Crippen LogP contribution in [0.25, 0.3) is 0 Å². The Morgan fingerprint density at radius 3 is 2.59 bits per heavy atom. The van der Waals surface area contributed by atoms with E-state index in [0.717, 1.165) is 10.4 Å². The Morgan fingerprint density at radius 1 is 1.29 bits per heavy atom. The zero-order valence-electron chi connectivity index (χ0n) is 9.90. The van der Waals surface area contributed by atoms with Gasteiger partial charge in [0.05, 0.1) is 6.10 Å². The maximum absolute atomic E-state index is 13.5. The summed E-state index contributed by atoms with van der Waals surface area (Å²) in [6, 6.07) is 8.56. The van der Waals surface area contributed by atoms with Crippen LogP contribution in [0.4, 0.5) is 4.39 Å². The highest BCUT2D eigenvalue weighted by atomic mass is 32.1. The molecule has 1 atom stereocenters. The normalized spacial score (nSPS) is 12.7. The van der Waals surface area contributed by atoms with Gasteiger partial charge in [-0.05, 0) is 37.1 Å². The highest BCUT2D eigenvalue weighted by Crippen LogP contribution is 2.28. The van der Waals surface area contributed by atoms with Gasteiger partial charge in [0.1, 0.15) is 5.82 Å². The highest BCUT2D eigenvalue weighted by molar-refractivity contribution is 7.12. The van der Waals surface area contributed by atoms with Gasteiger partial charge < -0.3 is 5.11 Å². The van der Waals surface area contributed by atoms with Crippen LogP contribution in [-0.2, 0) is 6.42 Å². The van der Waals surface area contributed by atoms with Crippen molar-refractivity contribution in [3.63, 3.8) is 0 Å². The first-order valence-electron chi connectivity index (χ1n) is 5.56. The summed E-state index contributed by atoms with van der Waals surface area (Å²) in [6.45, 7) is 3.99. The summed E-state index contributed by atoms with van der Waals surface area (Å²) in [5, 5.41) is 10.1. The number of hydrogen-bond donors (Lipinski definition) is 1. The van der Waals surface area contributed by atoms with Crippen molar-refractivity contribution in [2.24, 2.45) is 0 Å². The van der Waals surface area contributed by atoms with Crippen LogP contribution in [-0.4, -0.2) is 5.11 Å². The minimum Gasteiger partial charge on any atom is -0.388 e. The number of benzene rings is 1. The molecule has 0 saturated heterocycles. The SMILES string of the molecule is Cc1cc(C(O)Cc2ccccc2F)c(C)s1. The van der Waals surface area contributed by atoms with Crippen molar-refractivity contribution in [3.05, 3.63) is 57.0 Å². The Bertz CT molecular complexity index is 519. The van der Waals surface area contributed by atoms with Gasteiger partial charge >= 0.3 is 0 Å². The maximum Gasteiger partial charge on any atom is 0.126 e.